The van der Waals surface area contributed by atoms with Crippen LogP contribution >= 0.6 is 0 Å². The lowest BCUT2D eigenvalue weighted by Gasteiger charge is -2.19. The summed E-state index contributed by atoms with van der Waals surface area (Å²) in [5.41, 5.74) is 6.59. The number of rotatable bonds is 4. The zero-order valence-electron chi connectivity index (χ0n) is 13.5. The number of hydrogen-bond donors (Lipinski definition) is 2. The third-order valence-corrected chi connectivity index (χ3v) is 2.74. The lowest BCUT2D eigenvalue weighted by molar-refractivity contribution is 0.0523. The fraction of sp³-hybridized carbons (Fsp3) is 0.294. The Morgan fingerprint density at radius 1 is 1.17 bits per heavy atom. The number of nitrogens with two attached hydrogens (primary N) is 1. The molecule has 122 valence electrons. The van der Waals surface area contributed by atoms with Gasteiger partial charge in [0.05, 0.1) is 11.9 Å². The minimum atomic E-state index is -0.506. The third-order valence-electron chi connectivity index (χ3n) is 2.74. The molecule has 6 nitrogen and oxygen atoms in total. The molecule has 0 saturated heterocycles. The Kier molecular flexibility index (Phi) is 5.05. The van der Waals surface area contributed by atoms with E-state index in [1.807, 2.05) is 45.0 Å². The number of nitrogens with zero attached hydrogens (tertiary/aromatic N) is 1. The number of pyridine rings is 1. The molecule has 23 heavy (non-hydrogen) atoms. The predicted molar refractivity (Wildman–Crippen MR) is 88.2 cm³/mol. The van der Waals surface area contributed by atoms with Crippen LogP contribution in [0.15, 0.2) is 42.6 Å². The van der Waals surface area contributed by atoms with Crippen LogP contribution in [0.3, 0.4) is 0 Å². The van der Waals surface area contributed by atoms with Gasteiger partial charge in [-0.2, -0.15) is 0 Å². The standard InChI is InChI=1S/C17H21N3O3/c1-17(2,3)23-16(21)20-10-12-4-7-14(8-5-12)22-15-9-6-13(18)11-19-15/h4-9,11H,10,18H2,1-3H3,(H,20,21). The summed E-state index contributed by atoms with van der Waals surface area (Å²) in [4.78, 5) is 15.7. The van der Waals surface area contributed by atoms with Gasteiger partial charge in [-0.25, -0.2) is 9.78 Å². The van der Waals surface area contributed by atoms with Gasteiger partial charge in [0.25, 0.3) is 0 Å². The molecule has 0 saturated carbocycles. The SMILES string of the molecule is CC(C)(C)OC(=O)NCc1ccc(Oc2ccc(N)cn2)cc1. The van der Waals surface area contributed by atoms with Gasteiger partial charge in [0.1, 0.15) is 11.4 Å². The van der Waals surface area contributed by atoms with E-state index in [0.717, 1.165) is 5.56 Å². The van der Waals surface area contributed by atoms with Crippen molar-refractivity contribution in [3.8, 4) is 11.6 Å². The first-order chi connectivity index (χ1) is 10.8. The smallest absolute Gasteiger partial charge is 0.407 e. The molecule has 3 N–H and O–H groups in total. The largest absolute Gasteiger partial charge is 0.444 e. The van der Waals surface area contributed by atoms with Gasteiger partial charge < -0.3 is 20.5 Å². The lowest BCUT2D eigenvalue weighted by Crippen LogP contribution is -2.32. The fourth-order valence-electron chi connectivity index (χ4n) is 1.74. The molecule has 1 amide bonds. The number of carbonyl (C=O) groups excluding carboxylic acids is 1. The Bertz CT molecular complexity index is 646. The third kappa shape index (κ3) is 5.86. The number of nitrogens with one attached hydrogen (secondary N) is 1. The number of nitrogen functional groups attached to an aromatic ring is 1. The number of anilines is 1. The van der Waals surface area contributed by atoms with Crippen LogP contribution in [0.4, 0.5) is 10.5 Å². The molecule has 0 fully saturated rings. The van der Waals surface area contributed by atoms with Crippen molar-refractivity contribution in [2.24, 2.45) is 0 Å². The van der Waals surface area contributed by atoms with E-state index in [2.05, 4.69) is 10.3 Å². The van der Waals surface area contributed by atoms with Crippen LogP contribution in [-0.2, 0) is 11.3 Å². The second kappa shape index (κ2) is 7.00. The average molecular weight is 315 g/mol. The van der Waals surface area contributed by atoms with Gasteiger partial charge in [0.2, 0.25) is 5.88 Å². The number of benzene rings is 1. The van der Waals surface area contributed by atoms with Crippen molar-refractivity contribution in [2.45, 2.75) is 32.9 Å². The van der Waals surface area contributed by atoms with Crippen LogP contribution in [0.5, 0.6) is 11.6 Å². The minimum absolute atomic E-state index is 0.384. The molecule has 1 heterocycles. The molecule has 0 unspecified atom stereocenters. The molecule has 1 aromatic heterocycles. The second-order valence-corrected chi connectivity index (χ2v) is 6.03. The Hall–Kier alpha value is -2.76. The Balaban J connectivity index is 1.87. The number of hydrogen-bond acceptors (Lipinski definition) is 5. The normalized spacial score (nSPS) is 10.9. The monoisotopic (exact) mass is 315 g/mol. The molecule has 2 rings (SSSR count). The molecule has 0 aliphatic carbocycles. The van der Waals surface area contributed by atoms with Crippen molar-refractivity contribution < 1.29 is 14.3 Å². The molecular weight excluding hydrogens is 294 g/mol. The van der Waals surface area contributed by atoms with Crippen molar-refractivity contribution >= 4 is 11.8 Å². The van der Waals surface area contributed by atoms with E-state index in [1.165, 1.54) is 6.20 Å². The highest BCUT2D eigenvalue weighted by Gasteiger charge is 2.15. The Morgan fingerprint density at radius 3 is 2.43 bits per heavy atom. The Morgan fingerprint density at radius 2 is 1.87 bits per heavy atom. The van der Waals surface area contributed by atoms with E-state index in [4.69, 9.17) is 15.2 Å². The van der Waals surface area contributed by atoms with Crippen molar-refractivity contribution in [1.29, 1.82) is 0 Å². The molecule has 6 heteroatoms. The summed E-state index contributed by atoms with van der Waals surface area (Å²) in [6, 6.07) is 10.8. The highest BCUT2D eigenvalue weighted by Crippen LogP contribution is 2.20. The second-order valence-electron chi connectivity index (χ2n) is 6.03. The first-order valence-electron chi connectivity index (χ1n) is 7.27. The summed E-state index contributed by atoms with van der Waals surface area (Å²) >= 11 is 0. The summed E-state index contributed by atoms with van der Waals surface area (Å²) in [7, 11) is 0. The van der Waals surface area contributed by atoms with E-state index in [1.54, 1.807) is 12.1 Å². The fourth-order valence-corrected chi connectivity index (χ4v) is 1.74. The minimum Gasteiger partial charge on any atom is -0.444 e. The first-order valence-corrected chi connectivity index (χ1v) is 7.27. The number of amides is 1. The molecule has 1 aromatic carbocycles. The summed E-state index contributed by atoms with van der Waals surface area (Å²) in [5, 5.41) is 2.70. The number of alkyl carbamates (subject to hydrolysis) is 1. The van der Waals surface area contributed by atoms with Gasteiger partial charge in [-0.3, -0.25) is 0 Å². The van der Waals surface area contributed by atoms with Gasteiger partial charge in [-0.1, -0.05) is 12.1 Å². The van der Waals surface area contributed by atoms with Crippen LogP contribution in [-0.4, -0.2) is 16.7 Å². The summed E-state index contributed by atoms with van der Waals surface area (Å²) in [6.45, 7) is 5.85. The number of aromatic nitrogens is 1. The first kappa shape index (κ1) is 16.6. The van der Waals surface area contributed by atoms with Gasteiger partial charge in [0.15, 0.2) is 0 Å². The quantitative estimate of drug-likeness (QED) is 0.902. The maximum Gasteiger partial charge on any atom is 0.407 e. The van der Waals surface area contributed by atoms with Crippen molar-refractivity contribution in [2.75, 3.05) is 5.73 Å². The molecule has 0 radical (unpaired) electrons. The highest BCUT2D eigenvalue weighted by molar-refractivity contribution is 5.67. The summed E-state index contributed by atoms with van der Waals surface area (Å²) < 4.78 is 10.8. The van der Waals surface area contributed by atoms with Crippen molar-refractivity contribution in [1.82, 2.24) is 10.3 Å². The molecular formula is C17H21N3O3. The average Bonchev–Trinajstić information content (AvgIpc) is 2.47. The van der Waals surface area contributed by atoms with Crippen LogP contribution in [0.2, 0.25) is 0 Å². The highest BCUT2D eigenvalue weighted by atomic mass is 16.6. The van der Waals surface area contributed by atoms with Gasteiger partial charge in [0, 0.05) is 12.6 Å². The predicted octanol–water partition coefficient (Wildman–Crippen LogP) is 3.48. The van der Waals surface area contributed by atoms with E-state index >= 15 is 0 Å². The van der Waals surface area contributed by atoms with Crippen LogP contribution in [0.25, 0.3) is 0 Å². The Labute approximate surface area is 135 Å². The van der Waals surface area contributed by atoms with Crippen molar-refractivity contribution in [3.63, 3.8) is 0 Å². The zero-order valence-corrected chi connectivity index (χ0v) is 13.5. The van der Waals surface area contributed by atoms with Crippen LogP contribution in [0.1, 0.15) is 26.3 Å². The molecule has 0 atom stereocenters. The molecule has 0 aliphatic heterocycles. The maximum absolute atomic E-state index is 11.6. The van der Waals surface area contributed by atoms with Crippen molar-refractivity contribution in [3.05, 3.63) is 48.2 Å². The molecule has 2 aromatic rings. The van der Waals surface area contributed by atoms with E-state index < -0.39 is 11.7 Å². The molecule has 0 bridgehead atoms. The van der Waals surface area contributed by atoms with E-state index in [9.17, 15) is 4.79 Å². The summed E-state index contributed by atoms with van der Waals surface area (Å²) in [5.74, 6) is 1.13. The van der Waals surface area contributed by atoms with Crippen LogP contribution < -0.4 is 15.8 Å². The summed E-state index contributed by atoms with van der Waals surface area (Å²) in [6.07, 6.45) is 1.10. The van der Waals surface area contributed by atoms with Crippen LogP contribution in [0, 0.1) is 0 Å². The zero-order chi connectivity index (χ0) is 16.9. The molecule has 0 aliphatic rings. The number of carbonyl (C=O) groups is 1. The van der Waals surface area contributed by atoms with Gasteiger partial charge >= 0.3 is 6.09 Å². The van der Waals surface area contributed by atoms with Gasteiger partial charge in [-0.15, -0.1) is 0 Å². The number of ether oxygens (including phenoxy) is 2. The topological polar surface area (TPSA) is 86.5 Å². The van der Waals surface area contributed by atoms with E-state index in [0.29, 0.717) is 23.9 Å². The van der Waals surface area contributed by atoms with E-state index in [-0.39, 0.29) is 0 Å². The maximum atomic E-state index is 11.6. The lowest BCUT2D eigenvalue weighted by atomic mass is 10.2. The van der Waals surface area contributed by atoms with Gasteiger partial charge in [-0.05, 0) is 44.5 Å². The molecule has 0 spiro atoms.